The molecule has 1 unspecified atom stereocenters. The molecular weight excluding hydrogens is 358 g/mol. The molecular formula is C21H29N3O4. The van der Waals surface area contributed by atoms with Crippen LogP contribution in [0.2, 0.25) is 0 Å². The van der Waals surface area contributed by atoms with Gasteiger partial charge in [-0.15, -0.1) is 0 Å². The minimum Gasteiger partial charge on any atom is -0.497 e. The highest BCUT2D eigenvalue weighted by atomic mass is 16.7. The minimum atomic E-state index is -0.954. The number of rotatable bonds is 7. The van der Waals surface area contributed by atoms with E-state index in [1.54, 1.807) is 7.11 Å². The fraction of sp³-hybridized carbons (Fsp3) is 0.619. The summed E-state index contributed by atoms with van der Waals surface area (Å²) in [6, 6.07) is 7.64. The number of hydrogen-bond donors (Lipinski definition) is 1. The second-order valence-corrected chi connectivity index (χ2v) is 8.34. The van der Waals surface area contributed by atoms with E-state index in [2.05, 4.69) is 15.4 Å². The number of hydrogen-bond acceptors (Lipinski definition) is 6. The first kappa shape index (κ1) is 19.2. The summed E-state index contributed by atoms with van der Waals surface area (Å²) < 4.78 is 10.6. The monoisotopic (exact) mass is 387 g/mol. The Labute approximate surface area is 166 Å². The van der Waals surface area contributed by atoms with Crippen LogP contribution in [-0.4, -0.2) is 68.6 Å². The first-order valence-corrected chi connectivity index (χ1v) is 10.00. The van der Waals surface area contributed by atoms with Gasteiger partial charge in [0.05, 0.1) is 26.0 Å². The van der Waals surface area contributed by atoms with E-state index >= 15 is 0 Å². The van der Waals surface area contributed by atoms with E-state index in [4.69, 9.17) is 14.3 Å². The summed E-state index contributed by atoms with van der Waals surface area (Å²) in [5.74, 6) is 0.701. The normalized spacial score (nSPS) is 26.3. The van der Waals surface area contributed by atoms with Crippen LogP contribution >= 0.6 is 0 Å². The number of carbonyl (C=O) groups excluding carboxylic acids is 1. The van der Waals surface area contributed by atoms with Crippen LogP contribution in [0.25, 0.3) is 0 Å². The van der Waals surface area contributed by atoms with Crippen molar-refractivity contribution in [3.05, 3.63) is 29.8 Å². The Balaban J connectivity index is 1.30. The Bertz CT molecular complexity index is 739. The minimum absolute atomic E-state index is 0.0898. The van der Waals surface area contributed by atoms with Crippen LogP contribution in [-0.2, 0) is 14.4 Å². The lowest BCUT2D eigenvalue weighted by Gasteiger charge is -2.31. The highest BCUT2D eigenvalue weighted by molar-refractivity contribution is 6.05. The molecule has 1 aromatic rings. The Kier molecular flexibility index (Phi) is 5.29. The summed E-state index contributed by atoms with van der Waals surface area (Å²) in [4.78, 5) is 20.9. The number of ether oxygens (including phenoxy) is 2. The zero-order valence-electron chi connectivity index (χ0n) is 16.7. The van der Waals surface area contributed by atoms with Crippen LogP contribution in [0.4, 0.5) is 0 Å². The van der Waals surface area contributed by atoms with Crippen molar-refractivity contribution in [1.29, 1.82) is 0 Å². The maximum absolute atomic E-state index is 12.8. The first-order valence-electron chi connectivity index (χ1n) is 10.00. The molecule has 1 saturated carbocycles. The maximum atomic E-state index is 12.8. The third-order valence-corrected chi connectivity index (χ3v) is 6.01. The van der Waals surface area contributed by atoms with Gasteiger partial charge in [-0.25, -0.2) is 0 Å². The average molecular weight is 387 g/mol. The largest absolute Gasteiger partial charge is 0.497 e. The van der Waals surface area contributed by atoms with Crippen molar-refractivity contribution in [3.8, 4) is 5.75 Å². The average Bonchev–Trinajstić information content (AvgIpc) is 3.37. The van der Waals surface area contributed by atoms with E-state index in [1.807, 2.05) is 31.2 Å². The lowest BCUT2D eigenvalue weighted by molar-refractivity contribution is -0.142. The van der Waals surface area contributed by atoms with E-state index < -0.39 is 5.60 Å². The van der Waals surface area contributed by atoms with Crippen LogP contribution in [0.15, 0.2) is 29.4 Å². The summed E-state index contributed by atoms with van der Waals surface area (Å²) >= 11 is 0. The van der Waals surface area contributed by atoms with Gasteiger partial charge in [0.2, 0.25) is 5.60 Å². The Morgan fingerprint density at radius 2 is 1.96 bits per heavy atom. The van der Waals surface area contributed by atoms with Gasteiger partial charge in [0.25, 0.3) is 5.91 Å². The Morgan fingerprint density at radius 3 is 2.61 bits per heavy atom. The third kappa shape index (κ3) is 4.15. The summed E-state index contributed by atoms with van der Waals surface area (Å²) in [6.07, 6.45) is 2.78. The zero-order chi connectivity index (χ0) is 19.6. The van der Waals surface area contributed by atoms with Gasteiger partial charge in [0, 0.05) is 38.0 Å². The molecule has 152 valence electrons. The van der Waals surface area contributed by atoms with Crippen LogP contribution < -0.4 is 10.1 Å². The van der Waals surface area contributed by atoms with Crippen molar-refractivity contribution in [1.82, 2.24) is 10.2 Å². The van der Waals surface area contributed by atoms with Gasteiger partial charge in [0.1, 0.15) is 5.75 Å². The molecule has 1 atom stereocenters. The van der Waals surface area contributed by atoms with Gasteiger partial charge >= 0.3 is 0 Å². The fourth-order valence-corrected chi connectivity index (χ4v) is 3.86. The summed E-state index contributed by atoms with van der Waals surface area (Å²) in [5.41, 5.74) is 0.990. The van der Waals surface area contributed by atoms with Crippen molar-refractivity contribution in [2.24, 2.45) is 10.6 Å². The molecule has 4 rings (SSSR count). The van der Waals surface area contributed by atoms with Gasteiger partial charge in [-0.3, -0.25) is 9.69 Å². The van der Waals surface area contributed by atoms with Gasteiger partial charge in [0.15, 0.2) is 0 Å². The van der Waals surface area contributed by atoms with E-state index in [-0.39, 0.29) is 11.3 Å². The molecule has 1 saturated heterocycles. The lowest BCUT2D eigenvalue weighted by Crippen LogP contribution is -2.48. The highest BCUT2D eigenvalue weighted by Gasteiger charge is 2.47. The Morgan fingerprint density at radius 1 is 1.25 bits per heavy atom. The predicted octanol–water partition coefficient (Wildman–Crippen LogP) is 1.81. The molecule has 7 heteroatoms. The van der Waals surface area contributed by atoms with E-state index in [0.29, 0.717) is 13.0 Å². The molecule has 2 fully saturated rings. The molecule has 2 aliphatic heterocycles. The topological polar surface area (TPSA) is 72.4 Å². The first-order chi connectivity index (χ1) is 13.5. The zero-order valence-corrected chi connectivity index (χ0v) is 16.7. The molecule has 28 heavy (non-hydrogen) atoms. The van der Waals surface area contributed by atoms with Gasteiger partial charge in [-0.1, -0.05) is 5.16 Å². The fourth-order valence-electron chi connectivity index (χ4n) is 3.86. The second kappa shape index (κ2) is 7.72. The molecule has 0 bridgehead atoms. The van der Waals surface area contributed by atoms with Crippen molar-refractivity contribution in [3.63, 3.8) is 0 Å². The summed E-state index contributed by atoms with van der Waals surface area (Å²) in [5, 5.41) is 7.31. The molecule has 1 aromatic carbocycles. The van der Waals surface area contributed by atoms with E-state index in [1.165, 1.54) is 0 Å². The second-order valence-electron chi connectivity index (χ2n) is 8.34. The highest BCUT2D eigenvalue weighted by Crippen LogP contribution is 2.46. The van der Waals surface area contributed by atoms with E-state index in [0.717, 1.165) is 62.7 Å². The molecule has 1 N–H and O–H groups in total. The number of oxime groups is 1. The molecule has 2 heterocycles. The molecule has 0 spiro atoms. The van der Waals surface area contributed by atoms with Crippen LogP contribution in [0, 0.1) is 5.41 Å². The molecule has 7 nitrogen and oxygen atoms in total. The molecule has 0 aromatic heterocycles. The number of amides is 1. The van der Waals surface area contributed by atoms with Crippen LogP contribution in [0.5, 0.6) is 5.75 Å². The van der Waals surface area contributed by atoms with Gasteiger partial charge < -0.3 is 19.6 Å². The standard InChI is InChI=1S/C21H29N3O4/c1-20(13-18(23-28-20)16-3-5-17(26-2)6-4-16)19(25)22-14-21(7-8-21)15-24-9-11-27-12-10-24/h3-6H,7-15H2,1-2H3,(H,22,25). The third-order valence-electron chi connectivity index (χ3n) is 6.01. The number of benzene rings is 1. The number of nitrogens with zero attached hydrogens (tertiary/aromatic N) is 2. The number of nitrogens with one attached hydrogen (secondary N) is 1. The molecule has 1 amide bonds. The van der Waals surface area contributed by atoms with Gasteiger partial charge in [-0.05, 0) is 49.6 Å². The Hall–Kier alpha value is -2.12. The summed E-state index contributed by atoms with van der Waals surface area (Å²) in [6.45, 7) is 7.11. The molecule has 3 aliphatic rings. The quantitative estimate of drug-likeness (QED) is 0.773. The van der Waals surface area contributed by atoms with Gasteiger partial charge in [-0.2, -0.15) is 0 Å². The molecule has 0 radical (unpaired) electrons. The number of morpholine rings is 1. The van der Waals surface area contributed by atoms with Crippen molar-refractivity contribution in [2.75, 3.05) is 46.5 Å². The van der Waals surface area contributed by atoms with Crippen LogP contribution in [0.1, 0.15) is 31.7 Å². The SMILES string of the molecule is COc1ccc(C2=NOC(C)(C(=O)NCC3(CN4CCOCC4)CC3)C2)cc1. The molecule has 1 aliphatic carbocycles. The summed E-state index contributed by atoms with van der Waals surface area (Å²) in [7, 11) is 1.64. The number of carbonyl (C=O) groups is 1. The van der Waals surface area contributed by atoms with Crippen molar-refractivity contribution in [2.45, 2.75) is 31.8 Å². The number of methoxy groups -OCH3 is 1. The van der Waals surface area contributed by atoms with E-state index in [9.17, 15) is 4.79 Å². The maximum Gasteiger partial charge on any atom is 0.267 e. The predicted molar refractivity (Wildman–Crippen MR) is 106 cm³/mol. The van der Waals surface area contributed by atoms with Crippen molar-refractivity contribution >= 4 is 11.6 Å². The van der Waals surface area contributed by atoms with Crippen LogP contribution in [0.3, 0.4) is 0 Å². The smallest absolute Gasteiger partial charge is 0.267 e. The van der Waals surface area contributed by atoms with Crippen molar-refractivity contribution < 1.29 is 19.1 Å². The lowest BCUT2D eigenvalue weighted by atomic mass is 9.94.